The van der Waals surface area contributed by atoms with Crippen LogP contribution in [0.3, 0.4) is 0 Å². The van der Waals surface area contributed by atoms with Gasteiger partial charge in [-0.3, -0.25) is 5.32 Å². The van der Waals surface area contributed by atoms with E-state index in [-0.39, 0.29) is 5.75 Å². The lowest BCUT2D eigenvalue weighted by Gasteiger charge is -2.27. The van der Waals surface area contributed by atoms with E-state index in [0.717, 1.165) is 18.6 Å². The zero-order chi connectivity index (χ0) is 15.4. The van der Waals surface area contributed by atoms with E-state index in [0.29, 0.717) is 12.1 Å². The average molecular weight is 291 g/mol. The molecule has 0 spiro atoms. The minimum absolute atomic E-state index is 0.355. The first-order valence-electron chi connectivity index (χ1n) is 6.03. The summed E-state index contributed by atoms with van der Waals surface area (Å²) >= 11 is 0. The third kappa shape index (κ3) is 4.12. The second kappa shape index (κ2) is 6.13. The first-order chi connectivity index (χ1) is 9.19. The lowest BCUT2D eigenvalue weighted by atomic mass is 9.92. The standard InChI is InChI=1S/C13H16F3NO3/c1-3-8-17-12(2,11(18)19)9-4-6-10(7-5-9)20-13(14,15)16/h4-7,17H,3,8H2,1-2H3,(H,18,19). The first kappa shape index (κ1) is 16.3. The monoisotopic (exact) mass is 291 g/mol. The topological polar surface area (TPSA) is 58.6 Å². The lowest BCUT2D eigenvalue weighted by Crippen LogP contribution is -2.46. The molecular weight excluding hydrogens is 275 g/mol. The molecule has 0 aromatic heterocycles. The van der Waals surface area contributed by atoms with Gasteiger partial charge in [0.2, 0.25) is 0 Å². The molecule has 0 amide bonds. The first-order valence-corrected chi connectivity index (χ1v) is 6.03. The molecule has 0 radical (unpaired) electrons. The Morgan fingerprint density at radius 3 is 2.25 bits per heavy atom. The minimum atomic E-state index is -4.77. The number of nitrogens with one attached hydrogen (secondary N) is 1. The van der Waals surface area contributed by atoms with Crippen LogP contribution >= 0.6 is 0 Å². The molecule has 0 saturated carbocycles. The van der Waals surface area contributed by atoms with Crippen molar-refractivity contribution in [3.8, 4) is 5.75 Å². The van der Waals surface area contributed by atoms with Crippen molar-refractivity contribution in [2.45, 2.75) is 32.2 Å². The third-order valence-corrected chi connectivity index (χ3v) is 2.82. The van der Waals surface area contributed by atoms with Crippen LogP contribution in [0.25, 0.3) is 0 Å². The van der Waals surface area contributed by atoms with Crippen LogP contribution in [0.15, 0.2) is 24.3 Å². The number of benzene rings is 1. The molecule has 1 unspecified atom stereocenters. The number of alkyl halides is 3. The molecule has 1 aromatic rings. The van der Waals surface area contributed by atoms with Gasteiger partial charge in [0.05, 0.1) is 0 Å². The van der Waals surface area contributed by atoms with Crippen LogP contribution in [0, 0.1) is 0 Å². The summed E-state index contributed by atoms with van der Waals surface area (Å²) in [5, 5.41) is 12.2. The van der Waals surface area contributed by atoms with Crippen molar-refractivity contribution in [3.05, 3.63) is 29.8 Å². The highest BCUT2D eigenvalue weighted by molar-refractivity contribution is 5.80. The van der Waals surface area contributed by atoms with Crippen LogP contribution < -0.4 is 10.1 Å². The summed E-state index contributed by atoms with van der Waals surface area (Å²) in [5.41, 5.74) is -1.000. The highest BCUT2D eigenvalue weighted by Crippen LogP contribution is 2.27. The van der Waals surface area contributed by atoms with Gasteiger partial charge in [0.25, 0.3) is 0 Å². The molecule has 20 heavy (non-hydrogen) atoms. The summed E-state index contributed by atoms with van der Waals surface area (Å²) in [7, 11) is 0. The molecule has 0 aliphatic rings. The highest BCUT2D eigenvalue weighted by atomic mass is 19.4. The fourth-order valence-corrected chi connectivity index (χ4v) is 1.67. The molecule has 0 saturated heterocycles. The van der Waals surface area contributed by atoms with Gasteiger partial charge < -0.3 is 9.84 Å². The summed E-state index contributed by atoms with van der Waals surface area (Å²) < 4.78 is 39.9. The van der Waals surface area contributed by atoms with E-state index >= 15 is 0 Å². The highest BCUT2D eigenvalue weighted by Gasteiger charge is 2.35. The van der Waals surface area contributed by atoms with Gasteiger partial charge in [-0.25, -0.2) is 4.79 Å². The Hall–Kier alpha value is -1.76. The van der Waals surface area contributed by atoms with Crippen molar-refractivity contribution in [2.75, 3.05) is 6.54 Å². The van der Waals surface area contributed by atoms with Gasteiger partial charge >= 0.3 is 12.3 Å². The fraction of sp³-hybridized carbons (Fsp3) is 0.462. The zero-order valence-corrected chi connectivity index (χ0v) is 11.1. The quantitative estimate of drug-likeness (QED) is 0.846. The summed E-state index contributed by atoms with van der Waals surface area (Å²) in [5.74, 6) is -1.49. The van der Waals surface area contributed by atoms with Crippen LogP contribution in [-0.4, -0.2) is 24.0 Å². The molecular formula is C13H16F3NO3. The molecule has 2 N–H and O–H groups in total. The molecule has 0 fully saturated rings. The van der Waals surface area contributed by atoms with E-state index in [1.54, 1.807) is 0 Å². The van der Waals surface area contributed by atoms with Crippen LogP contribution in [0.4, 0.5) is 13.2 Å². The summed E-state index contributed by atoms with van der Waals surface area (Å²) in [6.07, 6.45) is -4.03. The smallest absolute Gasteiger partial charge is 0.480 e. The van der Waals surface area contributed by atoms with E-state index in [1.807, 2.05) is 6.92 Å². The van der Waals surface area contributed by atoms with Crippen LogP contribution in [0.2, 0.25) is 0 Å². The van der Waals surface area contributed by atoms with E-state index in [1.165, 1.54) is 19.1 Å². The van der Waals surface area contributed by atoms with Gasteiger partial charge in [0.1, 0.15) is 11.3 Å². The molecule has 1 atom stereocenters. The Balaban J connectivity index is 2.97. The molecule has 0 aliphatic heterocycles. The predicted octanol–water partition coefficient (Wildman–Crippen LogP) is 2.88. The number of rotatable bonds is 6. The Labute approximate surface area is 114 Å². The number of hydrogen-bond acceptors (Lipinski definition) is 3. The molecule has 4 nitrogen and oxygen atoms in total. The lowest BCUT2D eigenvalue weighted by molar-refractivity contribution is -0.274. The van der Waals surface area contributed by atoms with Crippen molar-refractivity contribution in [3.63, 3.8) is 0 Å². The van der Waals surface area contributed by atoms with Crippen molar-refractivity contribution < 1.29 is 27.8 Å². The molecule has 1 rings (SSSR count). The van der Waals surface area contributed by atoms with E-state index in [2.05, 4.69) is 10.1 Å². The number of carboxylic acid groups (broad SMARTS) is 1. The van der Waals surface area contributed by atoms with E-state index in [4.69, 9.17) is 0 Å². The second-order valence-corrected chi connectivity index (χ2v) is 4.43. The molecule has 0 bridgehead atoms. The van der Waals surface area contributed by atoms with Crippen molar-refractivity contribution in [2.24, 2.45) is 0 Å². The van der Waals surface area contributed by atoms with Crippen molar-refractivity contribution >= 4 is 5.97 Å². The molecule has 7 heteroatoms. The van der Waals surface area contributed by atoms with Gasteiger partial charge in [-0.15, -0.1) is 13.2 Å². The summed E-state index contributed by atoms with van der Waals surface area (Å²) in [6.45, 7) is 3.82. The number of hydrogen-bond donors (Lipinski definition) is 2. The third-order valence-electron chi connectivity index (χ3n) is 2.82. The Bertz CT molecular complexity index is 459. The number of halogens is 3. The maximum Gasteiger partial charge on any atom is 0.573 e. The molecule has 0 heterocycles. The number of carboxylic acids is 1. The molecule has 112 valence electrons. The van der Waals surface area contributed by atoms with E-state index < -0.39 is 17.9 Å². The fourth-order valence-electron chi connectivity index (χ4n) is 1.67. The van der Waals surface area contributed by atoms with Crippen LogP contribution in [0.5, 0.6) is 5.75 Å². The maximum absolute atomic E-state index is 12.0. The van der Waals surface area contributed by atoms with Crippen LogP contribution in [-0.2, 0) is 10.3 Å². The van der Waals surface area contributed by atoms with Gasteiger partial charge in [-0.05, 0) is 37.6 Å². The van der Waals surface area contributed by atoms with E-state index in [9.17, 15) is 23.1 Å². The molecule has 0 aliphatic carbocycles. The Morgan fingerprint density at radius 1 is 1.30 bits per heavy atom. The SMILES string of the molecule is CCCNC(C)(C(=O)O)c1ccc(OC(F)(F)F)cc1. The largest absolute Gasteiger partial charge is 0.573 e. The molecule has 1 aromatic carbocycles. The van der Waals surface area contributed by atoms with Crippen molar-refractivity contribution in [1.29, 1.82) is 0 Å². The number of ether oxygens (including phenoxy) is 1. The average Bonchev–Trinajstić information content (AvgIpc) is 2.34. The van der Waals surface area contributed by atoms with Gasteiger partial charge in [-0.1, -0.05) is 19.1 Å². The van der Waals surface area contributed by atoms with Crippen LogP contribution in [0.1, 0.15) is 25.8 Å². The van der Waals surface area contributed by atoms with Gasteiger partial charge in [0.15, 0.2) is 0 Å². The van der Waals surface area contributed by atoms with Gasteiger partial charge in [-0.2, -0.15) is 0 Å². The Kier molecular flexibility index (Phi) is 4.99. The predicted molar refractivity (Wildman–Crippen MR) is 66.4 cm³/mol. The normalized spacial score (nSPS) is 14.7. The maximum atomic E-state index is 12.0. The minimum Gasteiger partial charge on any atom is -0.480 e. The number of aliphatic carboxylic acids is 1. The number of carbonyl (C=O) groups is 1. The van der Waals surface area contributed by atoms with Crippen molar-refractivity contribution in [1.82, 2.24) is 5.32 Å². The zero-order valence-electron chi connectivity index (χ0n) is 11.1. The Morgan fingerprint density at radius 2 is 1.85 bits per heavy atom. The summed E-state index contributed by atoms with van der Waals surface area (Å²) in [4.78, 5) is 11.4. The van der Waals surface area contributed by atoms with Gasteiger partial charge in [0, 0.05) is 0 Å². The summed E-state index contributed by atoms with van der Waals surface area (Å²) in [6, 6.07) is 4.80. The second-order valence-electron chi connectivity index (χ2n) is 4.43.